The zero-order valence-electron chi connectivity index (χ0n) is 12.7. The molecule has 21 heavy (non-hydrogen) atoms. The SMILES string of the molecule is CC(C)(C)c1csc(CC(=O)c2ccc3c(c2)CCN3)n1. The second-order valence-electron chi connectivity index (χ2n) is 6.53. The molecule has 1 aromatic heterocycles. The average molecular weight is 300 g/mol. The Morgan fingerprint density at radius 1 is 1.38 bits per heavy atom. The Morgan fingerprint density at radius 3 is 2.90 bits per heavy atom. The number of nitrogens with zero attached hydrogens (tertiary/aromatic N) is 1. The molecule has 0 saturated heterocycles. The molecule has 1 aromatic carbocycles. The van der Waals surface area contributed by atoms with E-state index >= 15 is 0 Å². The lowest BCUT2D eigenvalue weighted by atomic mass is 9.93. The van der Waals surface area contributed by atoms with Gasteiger partial charge in [-0.15, -0.1) is 11.3 Å². The number of Topliss-reactive ketones (excluding diaryl/α,β-unsaturated/α-hetero) is 1. The van der Waals surface area contributed by atoms with Gasteiger partial charge in [0.1, 0.15) is 5.01 Å². The second kappa shape index (κ2) is 5.26. The summed E-state index contributed by atoms with van der Waals surface area (Å²) in [6, 6.07) is 5.95. The molecular formula is C17H20N2OS. The fourth-order valence-corrected chi connectivity index (χ4v) is 3.47. The number of hydrogen-bond donors (Lipinski definition) is 1. The zero-order chi connectivity index (χ0) is 15.0. The van der Waals surface area contributed by atoms with Crippen LogP contribution in [0.1, 0.15) is 47.4 Å². The van der Waals surface area contributed by atoms with Crippen LogP contribution in [0.3, 0.4) is 0 Å². The van der Waals surface area contributed by atoms with Gasteiger partial charge in [-0.05, 0) is 30.2 Å². The third-order valence-electron chi connectivity index (χ3n) is 3.77. The smallest absolute Gasteiger partial charge is 0.169 e. The number of carbonyl (C=O) groups excluding carboxylic acids is 1. The van der Waals surface area contributed by atoms with Gasteiger partial charge >= 0.3 is 0 Å². The van der Waals surface area contributed by atoms with E-state index in [4.69, 9.17) is 0 Å². The Hall–Kier alpha value is -1.68. The van der Waals surface area contributed by atoms with Crippen LogP contribution in [-0.4, -0.2) is 17.3 Å². The molecular weight excluding hydrogens is 280 g/mol. The molecule has 0 bridgehead atoms. The van der Waals surface area contributed by atoms with Gasteiger partial charge in [-0.2, -0.15) is 0 Å². The van der Waals surface area contributed by atoms with Crippen LogP contribution in [-0.2, 0) is 18.3 Å². The Morgan fingerprint density at radius 2 is 2.19 bits per heavy atom. The lowest BCUT2D eigenvalue weighted by molar-refractivity contribution is 0.0993. The fourth-order valence-electron chi connectivity index (χ4n) is 2.45. The maximum absolute atomic E-state index is 12.4. The third kappa shape index (κ3) is 3.00. The molecule has 0 aliphatic carbocycles. The summed E-state index contributed by atoms with van der Waals surface area (Å²) >= 11 is 1.58. The zero-order valence-corrected chi connectivity index (χ0v) is 13.5. The van der Waals surface area contributed by atoms with E-state index < -0.39 is 0 Å². The molecule has 0 fully saturated rings. The van der Waals surface area contributed by atoms with Crippen molar-refractivity contribution < 1.29 is 4.79 Å². The largest absolute Gasteiger partial charge is 0.384 e. The number of ketones is 1. The molecule has 0 amide bonds. The highest BCUT2D eigenvalue weighted by Gasteiger charge is 2.19. The van der Waals surface area contributed by atoms with E-state index in [0.29, 0.717) is 6.42 Å². The molecule has 0 saturated carbocycles. The molecule has 2 aromatic rings. The molecule has 4 heteroatoms. The summed E-state index contributed by atoms with van der Waals surface area (Å²) < 4.78 is 0. The second-order valence-corrected chi connectivity index (χ2v) is 7.47. The number of fused-ring (bicyclic) bond motifs is 1. The van der Waals surface area contributed by atoms with Crippen molar-refractivity contribution in [3.8, 4) is 0 Å². The lowest BCUT2D eigenvalue weighted by Crippen LogP contribution is -2.12. The van der Waals surface area contributed by atoms with Gasteiger partial charge in [0.05, 0.1) is 12.1 Å². The normalized spacial score (nSPS) is 13.9. The van der Waals surface area contributed by atoms with Gasteiger partial charge in [-0.25, -0.2) is 4.98 Å². The molecule has 0 unspecified atom stereocenters. The molecule has 3 rings (SSSR count). The summed E-state index contributed by atoms with van der Waals surface area (Å²) in [5, 5.41) is 6.29. The number of nitrogens with one attached hydrogen (secondary N) is 1. The maximum Gasteiger partial charge on any atom is 0.169 e. The first-order valence-electron chi connectivity index (χ1n) is 7.28. The number of carbonyl (C=O) groups is 1. The highest BCUT2D eigenvalue weighted by atomic mass is 32.1. The minimum atomic E-state index is 0.0387. The number of benzene rings is 1. The first kappa shape index (κ1) is 14.3. The maximum atomic E-state index is 12.4. The van der Waals surface area contributed by atoms with Crippen molar-refractivity contribution >= 4 is 22.8 Å². The number of anilines is 1. The first-order valence-corrected chi connectivity index (χ1v) is 8.16. The highest BCUT2D eigenvalue weighted by molar-refractivity contribution is 7.09. The van der Waals surface area contributed by atoms with Crippen molar-refractivity contribution in [1.82, 2.24) is 4.98 Å². The quantitative estimate of drug-likeness (QED) is 0.876. The van der Waals surface area contributed by atoms with Crippen LogP contribution >= 0.6 is 11.3 Å². The standard InChI is InChI=1S/C17H20N2OS/c1-17(2,3)15-10-21-16(19-15)9-14(20)12-4-5-13-11(8-12)6-7-18-13/h4-5,8,10,18H,6-7,9H2,1-3H3. The summed E-state index contributed by atoms with van der Waals surface area (Å²) in [5.74, 6) is 0.152. The predicted molar refractivity (Wildman–Crippen MR) is 87.5 cm³/mol. The minimum Gasteiger partial charge on any atom is -0.384 e. The van der Waals surface area contributed by atoms with Gasteiger partial charge in [0.2, 0.25) is 0 Å². The lowest BCUT2D eigenvalue weighted by Gasteiger charge is -2.14. The van der Waals surface area contributed by atoms with E-state index in [-0.39, 0.29) is 11.2 Å². The van der Waals surface area contributed by atoms with E-state index in [1.54, 1.807) is 11.3 Å². The molecule has 110 valence electrons. The predicted octanol–water partition coefficient (Wildman–Crippen LogP) is 3.83. The summed E-state index contributed by atoms with van der Waals surface area (Å²) in [4.78, 5) is 17.0. The Balaban J connectivity index is 1.76. The summed E-state index contributed by atoms with van der Waals surface area (Å²) in [5.41, 5.74) is 4.31. The van der Waals surface area contributed by atoms with Gasteiger partial charge in [0.25, 0.3) is 0 Å². The van der Waals surface area contributed by atoms with E-state index in [2.05, 4.69) is 36.5 Å². The highest BCUT2D eigenvalue weighted by Crippen LogP contribution is 2.26. The topological polar surface area (TPSA) is 42.0 Å². The molecule has 0 spiro atoms. The van der Waals surface area contributed by atoms with Crippen LogP contribution in [0.25, 0.3) is 0 Å². The fraction of sp³-hybridized carbons (Fsp3) is 0.412. The third-order valence-corrected chi connectivity index (χ3v) is 4.62. The minimum absolute atomic E-state index is 0.0387. The van der Waals surface area contributed by atoms with Crippen LogP contribution in [0.15, 0.2) is 23.6 Å². The molecule has 1 aliphatic heterocycles. The van der Waals surface area contributed by atoms with Crippen LogP contribution in [0.2, 0.25) is 0 Å². The number of aromatic nitrogens is 1. The van der Waals surface area contributed by atoms with Crippen LogP contribution in [0, 0.1) is 0 Å². The van der Waals surface area contributed by atoms with Crippen molar-refractivity contribution in [2.24, 2.45) is 0 Å². The molecule has 0 atom stereocenters. The molecule has 1 aliphatic rings. The van der Waals surface area contributed by atoms with Crippen molar-refractivity contribution in [3.63, 3.8) is 0 Å². The van der Waals surface area contributed by atoms with E-state index in [0.717, 1.165) is 34.9 Å². The average Bonchev–Trinajstić information content (AvgIpc) is 3.04. The summed E-state index contributed by atoms with van der Waals surface area (Å²) in [6.45, 7) is 7.39. The summed E-state index contributed by atoms with van der Waals surface area (Å²) in [6.07, 6.45) is 1.40. The molecule has 1 N–H and O–H groups in total. The monoisotopic (exact) mass is 300 g/mol. The molecule has 3 nitrogen and oxygen atoms in total. The van der Waals surface area contributed by atoms with Gasteiger partial charge in [0.15, 0.2) is 5.78 Å². The van der Waals surface area contributed by atoms with Gasteiger partial charge in [0, 0.05) is 28.6 Å². The van der Waals surface area contributed by atoms with Crippen molar-refractivity contribution in [2.45, 2.75) is 39.0 Å². The van der Waals surface area contributed by atoms with Crippen LogP contribution in [0.5, 0.6) is 0 Å². The Bertz CT molecular complexity index is 682. The first-order chi connectivity index (χ1) is 9.93. The van der Waals surface area contributed by atoms with E-state index in [9.17, 15) is 4.79 Å². The van der Waals surface area contributed by atoms with Crippen LogP contribution in [0.4, 0.5) is 5.69 Å². The Kier molecular flexibility index (Phi) is 3.57. The number of rotatable bonds is 3. The number of hydrogen-bond acceptors (Lipinski definition) is 4. The molecule has 2 heterocycles. The van der Waals surface area contributed by atoms with Gasteiger partial charge in [-0.3, -0.25) is 4.79 Å². The van der Waals surface area contributed by atoms with E-state index in [1.807, 2.05) is 18.2 Å². The molecule has 0 radical (unpaired) electrons. The summed E-state index contributed by atoms with van der Waals surface area (Å²) in [7, 11) is 0. The van der Waals surface area contributed by atoms with Crippen molar-refractivity contribution in [1.29, 1.82) is 0 Å². The van der Waals surface area contributed by atoms with Crippen molar-refractivity contribution in [3.05, 3.63) is 45.4 Å². The number of thiazole rings is 1. The van der Waals surface area contributed by atoms with E-state index in [1.165, 1.54) is 5.56 Å². The van der Waals surface area contributed by atoms with Crippen molar-refractivity contribution in [2.75, 3.05) is 11.9 Å². The van der Waals surface area contributed by atoms with Gasteiger partial charge < -0.3 is 5.32 Å². The van der Waals surface area contributed by atoms with Gasteiger partial charge in [-0.1, -0.05) is 20.8 Å². The Labute approximate surface area is 129 Å². The van der Waals surface area contributed by atoms with Crippen LogP contribution < -0.4 is 5.32 Å².